The van der Waals surface area contributed by atoms with Crippen LogP contribution in [0.25, 0.3) is 11.0 Å². The number of aromatic nitrogens is 2. The lowest BCUT2D eigenvalue weighted by Crippen LogP contribution is -2.39. The smallest absolute Gasteiger partial charge is 0.341 e. The maximum Gasteiger partial charge on any atom is 0.341 e. The van der Waals surface area contributed by atoms with Gasteiger partial charge in [0, 0.05) is 43.0 Å². The average Bonchev–Trinajstić information content (AvgIpc) is 2.86. The van der Waals surface area contributed by atoms with Crippen LogP contribution >= 0.6 is 0 Å². The molecule has 1 aliphatic heterocycles. The molecule has 0 N–H and O–H groups in total. The Labute approximate surface area is 155 Å². The van der Waals surface area contributed by atoms with E-state index in [9.17, 15) is 4.79 Å². The van der Waals surface area contributed by atoms with E-state index in [0.29, 0.717) is 5.56 Å². The van der Waals surface area contributed by atoms with Crippen molar-refractivity contribution in [2.24, 2.45) is 0 Å². The number of carbonyl (C=O) groups is 1. The van der Waals surface area contributed by atoms with Crippen LogP contribution in [-0.4, -0.2) is 58.9 Å². The fraction of sp³-hybridized carbons (Fsp3) is 0.600. The molecule has 1 aliphatic rings. The van der Waals surface area contributed by atoms with Gasteiger partial charge >= 0.3 is 5.97 Å². The Morgan fingerprint density at radius 3 is 2.69 bits per heavy atom. The van der Waals surface area contributed by atoms with E-state index in [0.717, 1.165) is 49.6 Å². The van der Waals surface area contributed by atoms with Crippen molar-refractivity contribution in [2.75, 3.05) is 32.8 Å². The minimum absolute atomic E-state index is 0.196. The van der Waals surface area contributed by atoms with E-state index in [1.165, 1.54) is 0 Å². The molecule has 3 rings (SSSR count). The number of hydrogen-bond donors (Lipinski definition) is 0. The number of carbonyl (C=O) groups excluding carboxylic acids is 1. The first-order chi connectivity index (χ1) is 12.3. The fourth-order valence-electron chi connectivity index (χ4n) is 3.62. The molecule has 142 valence electrons. The third kappa shape index (κ3) is 3.91. The van der Waals surface area contributed by atoms with E-state index < -0.39 is 5.60 Å². The Bertz CT molecular complexity index is 785. The number of esters is 1. The van der Waals surface area contributed by atoms with Crippen LogP contribution in [0.5, 0.6) is 0 Å². The van der Waals surface area contributed by atoms with Gasteiger partial charge in [-0.3, -0.25) is 4.90 Å². The van der Waals surface area contributed by atoms with Gasteiger partial charge in [-0.1, -0.05) is 0 Å². The van der Waals surface area contributed by atoms with Gasteiger partial charge in [0.25, 0.3) is 0 Å². The van der Waals surface area contributed by atoms with Crippen LogP contribution in [0.4, 0.5) is 0 Å². The van der Waals surface area contributed by atoms with E-state index in [-0.39, 0.29) is 12.0 Å². The monoisotopic (exact) mass is 359 g/mol. The number of fused-ring (bicyclic) bond motifs is 1. The first-order valence-electron chi connectivity index (χ1n) is 9.27. The molecule has 2 aromatic heterocycles. The molecule has 1 unspecified atom stereocenters. The number of rotatable bonds is 4. The first-order valence-corrected chi connectivity index (χ1v) is 9.27. The van der Waals surface area contributed by atoms with Crippen LogP contribution in [-0.2, 0) is 9.47 Å². The highest BCUT2D eigenvalue weighted by molar-refractivity contribution is 6.05. The number of nitrogens with zero attached hydrogens (tertiary/aromatic N) is 3. The van der Waals surface area contributed by atoms with Crippen LogP contribution in [0.2, 0.25) is 0 Å². The highest BCUT2D eigenvalue weighted by Gasteiger charge is 2.27. The topological polar surface area (TPSA) is 56.6 Å². The minimum atomic E-state index is -0.528. The normalized spacial score (nSPS) is 17.4. The molecule has 6 nitrogen and oxygen atoms in total. The molecule has 0 bridgehead atoms. The molecule has 0 radical (unpaired) electrons. The van der Waals surface area contributed by atoms with Crippen LogP contribution in [0.15, 0.2) is 18.3 Å². The minimum Gasteiger partial charge on any atom is -0.456 e. The van der Waals surface area contributed by atoms with Crippen LogP contribution in [0.1, 0.15) is 49.8 Å². The SMILES string of the molecule is Cc1c(C(=O)OC(C)(C)C)c2cccnc2n1C(C)CN1CCOCC1. The van der Waals surface area contributed by atoms with Gasteiger partial charge in [-0.15, -0.1) is 0 Å². The molecule has 1 atom stereocenters. The van der Waals surface area contributed by atoms with Crippen LogP contribution < -0.4 is 0 Å². The zero-order chi connectivity index (χ0) is 18.9. The molecule has 0 aromatic carbocycles. The van der Waals surface area contributed by atoms with Crippen molar-refractivity contribution >= 4 is 17.0 Å². The van der Waals surface area contributed by atoms with Gasteiger partial charge in [-0.25, -0.2) is 9.78 Å². The molecule has 1 fully saturated rings. The van der Waals surface area contributed by atoms with Crippen molar-refractivity contribution in [3.8, 4) is 0 Å². The molecule has 3 heterocycles. The Balaban J connectivity index is 1.97. The molecule has 2 aromatic rings. The van der Waals surface area contributed by atoms with E-state index in [4.69, 9.17) is 9.47 Å². The highest BCUT2D eigenvalue weighted by Crippen LogP contribution is 2.29. The van der Waals surface area contributed by atoms with E-state index in [1.807, 2.05) is 39.8 Å². The highest BCUT2D eigenvalue weighted by atomic mass is 16.6. The molecule has 26 heavy (non-hydrogen) atoms. The largest absolute Gasteiger partial charge is 0.456 e. The Morgan fingerprint density at radius 2 is 2.04 bits per heavy atom. The van der Waals surface area contributed by atoms with Gasteiger partial charge < -0.3 is 14.0 Å². The number of hydrogen-bond acceptors (Lipinski definition) is 5. The van der Waals surface area contributed by atoms with Crippen molar-refractivity contribution in [3.05, 3.63) is 29.6 Å². The fourth-order valence-corrected chi connectivity index (χ4v) is 3.62. The predicted molar refractivity (Wildman–Crippen MR) is 102 cm³/mol. The summed E-state index contributed by atoms with van der Waals surface area (Å²) in [4.78, 5) is 19.8. The number of morpholine rings is 1. The zero-order valence-electron chi connectivity index (χ0n) is 16.4. The summed E-state index contributed by atoms with van der Waals surface area (Å²) in [6, 6.07) is 4.01. The third-order valence-corrected chi connectivity index (χ3v) is 4.68. The Morgan fingerprint density at radius 1 is 1.35 bits per heavy atom. The van der Waals surface area contributed by atoms with Gasteiger partial charge in [0.2, 0.25) is 0 Å². The molecule has 1 saturated heterocycles. The molecular weight excluding hydrogens is 330 g/mol. The summed E-state index contributed by atoms with van der Waals surface area (Å²) in [5.41, 5.74) is 1.84. The maximum absolute atomic E-state index is 12.8. The Hall–Kier alpha value is -1.92. The van der Waals surface area contributed by atoms with Gasteiger partial charge in [-0.2, -0.15) is 0 Å². The molecular formula is C20H29N3O3. The summed E-state index contributed by atoms with van der Waals surface area (Å²) < 4.78 is 13.3. The van der Waals surface area contributed by atoms with Crippen LogP contribution in [0, 0.1) is 6.92 Å². The van der Waals surface area contributed by atoms with Gasteiger partial charge in [0.05, 0.1) is 18.8 Å². The van der Waals surface area contributed by atoms with Gasteiger partial charge in [0.1, 0.15) is 11.2 Å². The quantitative estimate of drug-likeness (QED) is 0.785. The molecule has 0 saturated carbocycles. The van der Waals surface area contributed by atoms with Crippen LogP contribution in [0.3, 0.4) is 0 Å². The second-order valence-electron chi connectivity index (χ2n) is 7.97. The van der Waals surface area contributed by atoms with Crippen molar-refractivity contribution < 1.29 is 14.3 Å². The van der Waals surface area contributed by atoms with Crippen molar-refractivity contribution in [3.63, 3.8) is 0 Å². The average molecular weight is 359 g/mol. The second-order valence-corrected chi connectivity index (χ2v) is 7.97. The molecule has 0 aliphatic carbocycles. The predicted octanol–water partition coefficient (Wildman–Crippen LogP) is 3.19. The van der Waals surface area contributed by atoms with Gasteiger partial charge in [0.15, 0.2) is 0 Å². The summed E-state index contributed by atoms with van der Waals surface area (Å²) in [5, 5.41) is 0.855. The van der Waals surface area contributed by atoms with E-state index in [2.05, 4.69) is 21.4 Å². The lowest BCUT2D eigenvalue weighted by Gasteiger charge is -2.30. The molecule has 0 amide bonds. The van der Waals surface area contributed by atoms with Crippen molar-refractivity contribution in [1.82, 2.24) is 14.5 Å². The summed E-state index contributed by atoms with van der Waals surface area (Å²) in [6.45, 7) is 14.2. The molecule has 6 heteroatoms. The third-order valence-electron chi connectivity index (χ3n) is 4.68. The van der Waals surface area contributed by atoms with E-state index in [1.54, 1.807) is 6.20 Å². The summed E-state index contributed by atoms with van der Waals surface area (Å²) >= 11 is 0. The lowest BCUT2D eigenvalue weighted by atomic mass is 10.1. The summed E-state index contributed by atoms with van der Waals surface area (Å²) in [6.07, 6.45) is 1.78. The zero-order valence-corrected chi connectivity index (χ0v) is 16.4. The number of ether oxygens (including phenoxy) is 2. The van der Waals surface area contributed by atoms with Crippen molar-refractivity contribution in [2.45, 2.75) is 46.3 Å². The first kappa shape index (κ1) is 18.9. The van der Waals surface area contributed by atoms with Crippen molar-refractivity contribution in [1.29, 1.82) is 0 Å². The maximum atomic E-state index is 12.8. The Kier molecular flexibility index (Phi) is 5.34. The standard InChI is InChI=1S/C20H29N3O3/c1-14(13-22-9-11-25-12-10-22)23-15(2)17(19(24)26-20(3,4)5)16-7-6-8-21-18(16)23/h6-8,14H,9-13H2,1-5H3. The van der Waals surface area contributed by atoms with Gasteiger partial charge in [-0.05, 0) is 46.8 Å². The van der Waals surface area contributed by atoms with E-state index >= 15 is 0 Å². The second kappa shape index (κ2) is 7.37. The summed E-state index contributed by atoms with van der Waals surface area (Å²) in [5.74, 6) is -0.287. The molecule has 0 spiro atoms. The summed E-state index contributed by atoms with van der Waals surface area (Å²) in [7, 11) is 0. The number of pyridine rings is 1. The lowest BCUT2D eigenvalue weighted by molar-refractivity contribution is 0.00706.